The smallest absolute Gasteiger partial charge is 0.190 e. The van der Waals surface area contributed by atoms with Crippen LogP contribution in [0.1, 0.15) is 49.6 Å². The molecule has 1 N–H and O–H groups in total. The van der Waals surface area contributed by atoms with E-state index in [1.165, 1.54) is 0 Å². The molecule has 0 amide bonds. The van der Waals surface area contributed by atoms with Crippen molar-refractivity contribution in [3.8, 4) is 5.75 Å². The standard InChI is InChI=1S/C13H19N3O2/c1-9(2)16-8-11-12(15-16)10(17)7-13(18-11)3-5-14-6-4-13/h8-9,14H,3-7H2,1-2H3. The Morgan fingerprint density at radius 3 is 2.83 bits per heavy atom. The number of fused-ring (bicyclic) bond motifs is 1. The highest BCUT2D eigenvalue weighted by Crippen LogP contribution is 2.37. The second-order valence-electron chi connectivity index (χ2n) is 5.55. The molecule has 1 saturated heterocycles. The Hall–Kier alpha value is -1.36. The fourth-order valence-electron chi connectivity index (χ4n) is 2.71. The molecule has 0 aromatic carbocycles. The summed E-state index contributed by atoms with van der Waals surface area (Å²) < 4.78 is 7.93. The van der Waals surface area contributed by atoms with Gasteiger partial charge in [-0.1, -0.05) is 0 Å². The van der Waals surface area contributed by atoms with Gasteiger partial charge in [-0.3, -0.25) is 9.48 Å². The molecule has 0 bridgehead atoms. The predicted octanol–water partition coefficient (Wildman–Crippen LogP) is 1.55. The van der Waals surface area contributed by atoms with Gasteiger partial charge >= 0.3 is 0 Å². The molecule has 0 unspecified atom stereocenters. The highest BCUT2D eigenvalue weighted by molar-refractivity contribution is 5.98. The molecule has 2 aliphatic heterocycles. The minimum absolute atomic E-state index is 0.123. The predicted molar refractivity (Wildman–Crippen MR) is 67.0 cm³/mol. The summed E-state index contributed by atoms with van der Waals surface area (Å²) in [7, 11) is 0. The zero-order chi connectivity index (χ0) is 12.8. The Labute approximate surface area is 107 Å². The number of aromatic nitrogens is 2. The van der Waals surface area contributed by atoms with Gasteiger partial charge in [0, 0.05) is 18.9 Å². The fraction of sp³-hybridized carbons (Fsp3) is 0.692. The lowest BCUT2D eigenvalue weighted by molar-refractivity contribution is 0.0185. The lowest BCUT2D eigenvalue weighted by Gasteiger charge is -2.39. The number of ether oxygens (including phenoxy) is 1. The van der Waals surface area contributed by atoms with Gasteiger partial charge in [0.2, 0.25) is 0 Å². The molecule has 0 atom stereocenters. The van der Waals surface area contributed by atoms with E-state index in [-0.39, 0.29) is 17.4 Å². The molecule has 1 spiro atoms. The third-order valence-corrected chi connectivity index (χ3v) is 3.82. The lowest BCUT2D eigenvalue weighted by Crippen LogP contribution is -2.49. The summed E-state index contributed by atoms with van der Waals surface area (Å²) in [6.07, 6.45) is 4.12. The first-order valence-corrected chi connectivity index (χ1v) is 6.62. The summed E-state index contributed by atoms with van der Waals surface area (Å²) in [5, 5.41) is 7.64. The third kappa shape index (κ3) is 1.82. The van der Waals surface area contributed by atoms with Crippen LogP contribution in [0.3, 0.4) is 0 Å². The molecule has 3 rings (SSSR count). The van der Waals surface area contributed by atoms with Crippen LogP contribution in [-0.4, -0.2) is 34.3 Å². The number of hydrogen-bond acceptors (Lipinski definition) is 4. The summed E-state index contributed by atoms with van der Waals surface area (Å²) >= 11 is 0. The van der Waals surface area contributed by atoms with Crippen molar-refractivity contribution in [3.63, 3.8) is 0 Å². The summed E-state index contributed by atoms with van der Waals surface area (Å²) in [5.74, 6) is 0.791. The molecule has 1 fully saturated rings. The lowest BCUT2D eigenvalue weighted by atomic mass is 9.84. The van der Waals surface area contributed by atoms with Crippen molar-refractivity contribution in [2.24, 2.45) is 0 Å². The van der Waals surface area contributed by atoms with Crippen molar-refractivity contribution in [1.82, 2.24) is 15.1 Å². The van der Waals surface area contributed by atoms with E-state index in [0.717, 1.165) is 25.9 Å². The maximum atomic E-state index is 12.2. The van der Waals surface area contributed by atoms with Gasteiger partial charge in [-0.2, -0.15) is 5.10 Å². The molecule has 18 heavy (non-hydrogen) atoms. The molecule has 5 nitrogen and oxygen atoms in total. The van der Waals surface area contributed by atoms with Crippen LogP contribution in [0.25, 0.3) is 0 Å². The molecular formula is C13H19N3O2. The summed E-state index contributed by atoms with van der Waals surface area (Å²) in [6, 6.07) is 0.246. The van der Waals surface area contributed by atoms with Crippen molar-refractivity contribution in [2.75, 3.05) is 13.1 Å². The Kier molecular flexibility index (Phi) is 2.66. The first-order valence-electron chi connectivity index (χ1n) is 6.62. The van der Waals surface area contributed by atoms with Crippen molar-refractivity contribution in [3.05, 3.63) is 11.9 Å². The van der Waals surface area contributed by atoms with Gasteiger partial charge in [0.1, 0.15) is 5.60 Å². The summed E-state index contributed by atoms with van der Waals surface area (Å²) in [6.45, 7) is 5.92. The maximum Gasteiger partial charge on any atom is 0.190 e. The van der Waals surface area contributed by atoms with Crippen molar-refractivity contribution < 1.29 is 9.53 Å². The molecule has 5 heteroatoms. The minimum Gasteiger partial charge on any atom is -0.483 e. The van der Waals surface area contributed by atoms with Gasteiger partial charge in [-0.15, -0.1) is 0 Å². The van der Waals surface area contributed by atoms with Crippen LogP contribution in [-0.2, 0) is 0 Å². The van der Waals surface area contributed by atoms with Gasteiger partial charge in [0.15, 0.2) is 17.2 Å². The highest BCUT2D eigenvalue weighted by atomic mass is 16.5. The summed E-state index contributed by atoms with van der Waals surface area (Å²) in [5.41, 5.74) is 0.216. The Morgan fingerprint density at radius 1 is 1.44 bits per heavy atom. The maximum absolute atomic E-state index is 12.2. The Morgan fingerprint density at radius 2 is 2.17 bits per heavy atom. The van der Waals surface area contributed by atoms with Crippen molar-refractivity contribution >= 4 is 5.78 Å². The van der Waals surface area contributed by atoms with E-state index in [1.807, 2.05) is 24.7 Å². The first-order chi connectivity index (χ1) is 8.60. The minimum atomic E-state index is -0.291. The zero-order valence-electron chi connectivity index (χ0n) is 10.9. The second-order valence-corrected chi connectivity index (χ2v) is 5.55. The van der Waals surface area contributed by atoms with Gasteiger partial charge in [0.05, 0.1) is 12.6 Å². The normalized spacial score (nSPS) is 22.1. The molecule has 0 radical (unpaired) electrons. The van der Waals surface area contributed by atoms with Crippen LogP contribution >= 0.6 is 0 Å². The molecule has 98 valence electrons. The molecule has 2 aliphatic rings. The fourth-order valence-corrected chi connectivity index (χ4v) is 2.71. The van der Waals surface area contributed by atoms with Crippen LogP contribution in [0.4, 0.5) is 0 Å². The molecular weight excluding hydrogens is 230 g/mol. The third-order valence-electron chi connectivity index (χ3n) is 3.82. The van der Waals surface area contributed by atoms with Crippen LogP contribution in [0.5, 0.6) is 5.75 Å². The van der Waals surface area contributed by atoms with Gasteiger partial charge in [0.25, 0.3) is 0 Å². The largest absolute Gasteiger partial charge is 0.483 e. The van der Waals surface area contributed by atoms with Gasteiger partial charge in [-0.25, -0.2) is 0 Å². The zero-order valence-corrected chi connectivity index (χ0v) is 10.9. The molecule has 1 aromatic heterocycles. The average molecular weight is 249 g/mol. The Balaban J connectivity index is 1.93. The molecule has 3 heterocycles. The highest BCUT2D eigenvalue weighted by Gasteiger charge is 2.42. The quantitative estimate of drug-likeness (QED) is 0.820. The van der Waals surface area contributed by atoms with E-state index in [9.17, 15) is 4.79 Å². The molecule has 0 saturated carbocycles. The van der Waals surface area contributed by atoms with Crippen LogP contribution < -0.4 is 10.1 Å². The van der Waals surface area contributed by atoms with Gasteiger partial charge in [-0.05, 0) is 26.9 Å². The number of piperidine rings is 1. The number of Topliss-reactive ketones (excluding diaryl/α,β-unsaturated/α-hetero) is 1. The van der Waals surface area contributed by atoms with Crippen LogP contribution in [0.2, 0.25) is 0 Å². The van der Waals surface area contributed by atoms with Crippen molar-refractivity contribution in [1.29, 1.82) is 0 Å². The SMILES string of the molecule is CC(C)n1cc2c(n1)C(=O)CC1(CCNCC1)O2. The van der Waals surface area contributed by atoms with Gasteiger partial charge < -0.3 is 10.1 Å². The number of ketones is 1. The van der Waals surface area contributed by atoms with E-state index >= 15 is 0 Å². The van der Waals surface area contributed by atoms with E-state index in [2.05, 4.69) is 10.4 Å². The monoisotopic (exact) mass is 249 g/mol. The van der Waals surface area contributed by atoms with Crippen LogP contribution in [0.15, 0.2) is 6.20 Å². The van der Waals surface area contributed by atoms with Crippen molar-refractivity contribution in [2.45, 2.75) is 44.8 Å². The van der Waals surface area contributed by atoms with Crippen LogP contribution in [0, 0.1) is 0 Å². The van der Waals surface area contributed by atoms with E-state index < -0.39 is 0 Å². The number of rotatable bonds is 1. The molecule has 0 aliphatic carbocycles. The Bertz CT molecular complexity index is 473. The number of hydrogen-bond donors (Lipinski definition) is 1. The second kappa shape index (κ2) is 4.09. The van der Waals surface area contributed by atoms with E-state index in [4.69, 9.17) is 4.74 Å². The number of carbonyl (C=O) groups excluding carboxylic acids is 1. The van der Waals surface area contributed by atoms with E-state index in [1.54, 1.807) is 0 Å². The molecule has 1 aromatic rings. The number of nitrogens with zero attached hydrogens (tertiary/aromatic N) is 2. The van der Waals surface area contributed by atoms with E-state index in [0.29, 0.717) is 17.9 Å². The topological polar surface area (TPSA) is 56.2 Å². The summed E-state index contributed by atoms with van der Waals surface area (Å²) in [4.78, 5) is 12.2. The first kappa shape index (κ1) is 11.7. The number of carbonyl (C=O) groups is 1. The average Bonchev–Trinajstić information content (AvgIpc) is 2.74. The number of nitrogens with one attached hydrogen (secondary N) is 1.